The molecule has 1 atom stereocenters. The molecule has 4 aromatic rings. The van der Waals surface area contributed by atoms with E-state index in [2.05, 4.69) is 0 Å². The minimum absolute atomic E-state index is 0.0648. The van der Waals surface area contributed by atoms with Gasteiger partial charge >= 0.3 is 5.63 Å². The van der Waals surface area contributed by atoms with Crippen molar-refractivity contribution in [1.29, 1.82) is 0 Å². The first-order valence-corrected chi connectivity index (χ1v) is 14.7. The van der Waals surface area contributed by atoms with Gasteiger partial charge in [-0.05, 0) is 74.7 Å². The molecule has 2 heterocycles. The molecule has 44 heavy (non-hydrogen) atoms. The largest absolute Gasteiger partial charge is 0.493 e. The lowest BCUT2D eigenvalue weighted by Crippen LogP contribution is -2.42. The number of hydrogen-bond acceptors (Lipinski definition) is 9. The summed E-state index contributed by atoms with van der Waals surface area (Å²) < 4.78 is 40.5. The van der Waals surface area contributed by atoms with Crippen molar-refractivity contribution in [2.45, 2.75) is 33.2 Å². The zero-order valence-electron chi connectivity index (χ0n) is 25.6. The van der Waals surface area contributed by atoms with Crippen molar-refractivity contribution < 1.29 is 37.6 Å². The zero-order chi connectivity index (χ0) is 31.2. The van der Waals surface area contributed by atoms with Gasteiger partial charge in [0.15, 0.2) is 23.0 Å². The topological polar surface area (TPSA) is 106 Å². The molecule has 0 bridgehead atoms. The second-order valence-electron chi connectivity index (χ2n) is 10.0. The Kier molecular flexibility index (Phi) is 9.47. The fourth-order valence-corrected chi connectivity index (χ4v) is 5.50. The number of hydrogen-bond donors (Lipinski definition) is 0. The summed E-state index contributed by atoms with van der Waals surface area (Å²) in [5.74, 6) is 2.60. The summed E-state index contributed by atoms with van der Waals surface area (Å²) in [4.78, 5) is 28.5. The summed E-state index contributed by atoms with van der Waals surface area (Å²) in [6.45, 7) is 7.28. The smallest absolute Gasteiger partial charge is 0.339 e. The fourth-order valence-electron chi connectivity index (χ4n) is 5.50. The summed E-state index contributed by atoms with van der Waals surface area (Å²) in [6.07, 6.45) is 0.587. The van der Waals surface area contributed by atoms with E-state index >= 15 is 0 Å². The predicted octanol–water partition coefficient (Wildman–Crippen LogP) is 5.82. The third kappa shape index (κ3) is 6.10. The van der Waals surface area contributed by atoms with Crippen LogP contribution in [0.25, 0.3) is 11.0 Å². The highest BCUT2D eigenvalue weighted by atomic mass is 16.5. The van der Waals surface area contributed by atoms with Crippen molar-refractivity contribution >= 4 is 16.9 Å². The monoisotopic (exact) mass is 603 g/mol. The maximum Gasteiger partial charge on any atom is 0.339 e. The van der Waals surface area contributed by atoms with Crippen molar-refractivity contribution in [2.24, 2.45) is 0 Å². The van der Waals surface area contributed by atoms with E-state index in [4.69, 9.17) is 32.8 Å². The molecule has 0 radical (unpaired) electrons. The number of benzene rings is 3. The Morgan fingerprint density at radius 1 is 0.818 bits per heavy atom. The Morgan fingerprint density at radius 3 is 2.14 bits per heavy atom. The van der Waals surface area contributed by atoms with Gasteiger partial charge < -0.3 is 37.7 Å². The van der Waals surface area contributed by atoms with Crippen LogP contribution in [0.1, 0.15) is 48.3 Å². The van der Waals surface area contributed by atoms with Crippen LogP contribution in [0.5, 0.6) is 34.5 Å². The number of methoxy groups -OCH3 is 2. The molecule has 232 valence electrons. The van der Waals surface area contributed by atoms with E-state index in [1.54, 1.807) is 43.4 Å². The van der Waals surface area contributed by atoms with Gasteiger partial charge in [-0.15, -0.1) is 0 Å². The minimum Gasteiger partial charge on any atom is -0.493 e. The molecule has 0 saturated heterocycles. The highest BCUT2D eigenvalue weighted by Gasteiger charge is 2.34. The van der Waals surface area contributed by atoms with E-state index in [1.165, 1.54) is 6.07 Å². The van der Waals surface area contributed by atoms with Gasteiger partial charge in [-0.2, -0.15) is 0 Å². The van der Waals surface area contributed by atoms with Crippen LogP contribution >= 0.6 is 0 Å². The van der Waals surface area contributed by atoms with Crippen molar-refractivity contribution in [3.63, 3.8) is 0 Å². The predicted molar refractivity (Wildman–Crippen MR) is 165 cm³/mol. The lowest BCUT2D eigenvalue weighted by molar-refractivity contribution is 0.0589. The van der Waals surface area contributed by atoms with Crippen LogP contribution in [-0.4, -0.2) is 58.0 Å². The molecule has 10 heteroatoms. The van der Waals surface area contributed by atoms with Crippen LogP contribution in [0.15, 0.2) is 63.8 Å². The van der Waals surface area contributed by atoms with Gasteiger partial charge in [-0.3, -0.25) is 4.79 Å². The molecule has 0 fully saturated rings. The second-order valence-corrected chi connectivity index (χ2v) is 10.0. The van der Waals surface area contributed by atoms with Gasteiger partial charge in [0.25, 0.3) is 5.91 Å². The van der Waals surface area contributed by atoms with Crippen LogP contribution in [0.2, 0.25) is 0 Å². The van der Waals surface area contributed by atoms with E-state index < -0.39 is 11.7 Å². The lowest BCUT2D eigenvalue weighted by atomic mass is 9.91. The summed E-state index contributed by atoms with van der Waals surface area (Å²) in [7, 11) is 3.16. The van der Waals surface area contributed by atoms with E-state index in [0.717, 1.165) is 11.1 Å². The van der Waals surface area contributed by atoms with E-state index in [0.29, 0.717) is 83.8 Å². The molecule has 1 aromatic heterocycles. The summed E-state index contributed by atoms with van der Waals surface area (Å²) in [5, 5.41) is 0.655. The van der Waals surface area contributed by atoms with Crippen LogP contribution in [-0.2, 0) is 6.42 Å². The first-order chi connectivity index (χ1) is 21.4. The average molecular weight is 604 g/mol. The Balaban J connectivity index is 1.58. The molecule has 5 rings (SSSR count). The molecule has 1 unspecified atom stereocenters. The summed E-state index contributed by atoms with van der Waals surface area (Å²) in [6, 6.07) is 15.2. The van der Waals surface area contributed by atoms with Crippen LogP contribution < -0.4 is 34.0 Å². The third-order valence-corrected chi connectivity index (χ3v) is 7.43. The van der Waals surface area contributed by atoms with Gasteiger partial charge in [-0.1, -0.05) is 12.1 Å². The van der Waals surface area contributed by atoms with Gasteiger partial charge in [0.1, 0.15) is 17.9 Å². The Morgan fingerprint density at radius 2 is 1.48 bits per heavy atom. The number of fused-ring (bicyclic) bond motifs is 2. The van der Waals surface area contributed by atoms with E-state index in [1.807, 2.05) is 45.0 Å². The summed E-state index contributed by atoms with van der Waals surface area (Å²) >= 11 is 0. The maximum atomic E-state index is 14.4. The number of amides is 1. The molecule has 1 aliphatic rings. The Labute approximate surface area is 256 Å². The van der Waals surface area contributed by atoms with Gasteiger partial charge in [0, 0.05) is 12.1 Å². The molecule has 1 aliphatic heterocycles. The SMILES string of the molecule is CCOc1cc(C(=O)N2CCc3cc(OC)c(OC)cc3C2COc2cc(=O)oc3ccccc23)cc(OCC)c1OCC. The number of carbonyl (C=O) groups excluding carboxylic acids is 1. The van der Waals surface area contributed by atoms with Gasteiger partial charge in [0.2, 0.25) is 5.75 Å². The molecule has 3 aromatic carbocycles. The molecule has 0 saturated carbocycles. The first kappa shape index (κ1) is 30.6. The van der Waals surface area contributed by atoms with Crippen molar-refractivity contribution in [1.82, 2.24) is 4.90 Å². The van der Waals surface area contributed by atoms with Crippen molar-refractivity contribution in [2.75, 3.05) is 47.2 Å². The number of rotatable bonds is 12. The van der Waals surface area contributed by atoms with E-state index in [-0.39, 0.29) is 12.5 Å². The number of para-hydroxylation sites is 1. The molecular weight excluding hydrogens is 566 g/mol. The number of ether oxygens (including phenoxy) is 6. The zero-order valence-corrected chi connectivity index (χ0v) is 25.6. The Bertz CT molecular complexity index is 1670. The van der Waals surface area contributed by atoms with Crippen LogP contribution in [0, 0.1) is 0 Å². The quantitative estimate of drug-likeness (QED) is 0.185. The lowest BCUT2D eigenvalue weighted by Gasteiger charge is -2.38. The molecular formula is C34H37NO9. The fraction of sp³-hybridized carbons (Fsp3) is 0.353. The van der Waals surface area contributed by atoms with E-state index in [9.17, 15) is 9.59 Å². The normalized spacial score (nSPS) is 14.1. The molecule has 0 spiro atoms. The van der Waals surface area contributed by atoms with Gasteiger partial charge in [0.05, 0.1) is 51.5 Å². The van der Waals surface area contributed by atoms with Crippen molar-refractivity contribution in [3.8, 4) is 34.5 Å². The van der Waals surface area contributed by atoms with Crippen molar-refractivity contribution in [3.05, 3.63) is 81.7 Å². The maximum absolute atomic E-state index is 14.4. The average Bonchev–Trinajstić information content (AvgIpc) is 3.03. The molecule has 10 nitrogen and oxygen atoms in total. The Hall–Kier alpha value is -4.86. The summed E-state index contributed by atoms with van der Waals surface area (Å²) in [5.41, 5.74) is 2.15. The molecule has 0 N–H and O–H groups in total. The number of nitrogens with zero attached hydrogens (tertiary/aromatic N) is 1. The highest BCUT2D eigenvalue weighted by molar-refractivity contribution is 5.96. The minimum atomic E-state index is -0.533. The van der Waals surface area contributed by atoms with Gasteiger partial charge in [-0.25, -0.2) is 4.79 Å². The first-order valence-electron chi connectivity index (χ1n) is 14.7. The molecule has 1 amide bonds. The standard InChI is InChI=1S/C34H37NO9/c1-6-40-30-16-22(17-31(41-7-2)33(30)42-8-3)34(37)35-14-13-21-15-28(38-4)29(39-5)18-24(21)25(35)20-43-27-19-32(36)44-26-12-10-9-11-23(26)27/h9-12,15-19,25H,6-8,13-14,20H2,1-5H3. The highest BCUT2D eigenvalue weighted by Crippen LogP contribution is 2.42. The third-order valence-electron chi connectivity index (χ3n) is 7.43. The number of carbonyl (C=O) groups is 1. The van der Waals surface area contributed by atoms with Crippen LogP contribution in [0.4, 0.5) is 0 Å². The van der Waals surface area contributed by atoms with Crippen LogP contribution in [0.3, 0.4) is 0 Å². The second kappa shape index (κ2) is 13.6. The molecule has 0 aliphatic carbocycles.